The molecule has 7 nitrogen and oxygen atoms in total. The van der Waals surface area contributed by atoms with E-state index in [1.807, 2.05) is 0 Å². The maximum Gasteiger partial charge on any atom is 0.335 e. The molecule has 1 fully saturated rings. The zero-order valence-electron chi connectivity index (χ0n) is 16.6. The number of anilines is 1. The number of nitrogens with zero attached hydrogens (tertiary/aromatic N) is 1. The molecule has 4 rings (SSSR count). The molecule has 32 heavy (non-hydrogen) atoms. The quantitative estimate of drug-likeness (QED) is 0.303. The molecule has 0 radical (unpaired) electrons. The first-order valence-corrected chi connectivity index (χ1v) is 10.6. The van der Waals surface area contributed by atoms with Crippen molar-refractivity contribution in [2.24, 2.45) is 0 Å². The van der Waals surface area contributed by atoms with E-state index in [1.165, 1.54) is 17.0 Å². The summed E-state index contributed by atoms with van der Waals surface area (Å²) in [6, 6.07) is 15.0. The van der Waals surface area contributed by atoms with Crippen LogP contribution in [0.5, 0.6) is 0 Å². The number of nitrogens with one attached hydrogen (secondary N) is 1. The number of furan rings is 1. The van der Waals surface area contributed by atoms with Crippen LogP contribution in [0.3, 0.4) is 0 Å². The standard InChI is InChI=1S/C23H15BrN2O5S/c1-12-10-13(22(29)30)2-8-17(12)19-9-7-16(31-19)11-18-20(27)25-23(32)26(21(18)28)15-5-3-14(24)4-6-15/h2-11H,1H3,(H,29,30)(H,25,27,32)/b18-11+. The number of aryl methyl sites for hydroxylation is 1. The average molecular weight is 511 g/mol. The number of hydrogen-bond donors (Lipinski definition) is 2. The highest BCUT2D eigenvalue weighted by Gasteiger charge is 2.34. The normalized spacial score (nSPS) is 15.2. The van der Waals surface area contributed by atoms with Crippen LogP contribution in [-0.4, -0.2) is 28.0 Å². The second-order valence-electron chi connectivity index (χ2n) is 6.97. The van der Waals surface area contributed by atoms with Gasteiger partial charge in [-0.3, -0.25) is 19.8 Å². The molecule has 0 spiro atoms. The molecule has 0 atom stereocenters. The smallest absolute Gasteiger partial charge is 0.335 e. The zero-order valence-corrected chi connectivity index (χ0v) is 19.0. The lowest BCUT2D eigenvalue weighted by atomic mass is 10.0. The van der Waals surface area contributed by atoms with Crippen LogP contribution < -0.4 is 10.2 Å². The van der Waals surface area contributed by atoms with Crippen LogP contribution in [-0.2, 0) is 9.59 Å². The summed E-state index contributed by atoms with van der Waals surface area (Å²) in [7, 11) is 0. The van der Waals surface area contributed by atoms with E-state index in [-0.39, 0.29) is 16.2 Å². The summed E-state index contributed by atoms with van der Waals surface area (Å²) in [6.07, 6.45) is 1.36. The fourth-order valence-corrected chi connectivity index (χ4v) is 3.82. The van der Waals surface area contributed by atoms with Crippen molar-refractivity contribution >= 4 is 62.8 Å². The van der Waals surface area contributed by atoms with Gasteiger partial charge in [0.1, 0.15) is 17.1 Å². The number of thiocarbonyl (C=S) groups is 1. The maximum absolute atomic E-state index is 13.1. The number of carbonyl (C=O) groups is 3. The fourth-order valence-electron chi connectivity index (χ4n) is 3.27. The molecule has 0 saturated carbocycles. The number of rotatable bonds is 4. The predicted octanol–water partition coefficient (Wildman–Crippen LogP) is 4.55. The van der Waals surface area contributed by atoms with Crippen LogP contribution in [0.1, 0.15) is 21.7 Å². The van der Waals surface area contributed by atoms with Gasteiger partial charge in [0.2, 0.25) is 0 Å². The SMILES string of the molecule is Cc1cc(C(=O)O)ccc1-c1ccc(/C=C2\C(=O)NC(=S)N(c3ccc(Br)cc3)C2=O)o1. The minimum atomic E-state index is -1.01. The van der Waals surface area contributed by atoms with Gasteiger partial charge in [0.15, 0.2) is 5.11 Å². The number of benzene rings is 2. The summed E-state index contributed by atoms with van der Waals surface area (Å²) < 4.78 is 6.66. The molecule has 0 aliphatic carbocycles. The van der Waals surface area contributed by atoms with Gasteiger partial charge in [0.05, 0.1) is 11.3 Å². The van der Waals surface area contributed by atoms with Crippen LogP contribution in [0.2, 0.25) is 0 Å². The van der Waals surface area contributed by atoms with E-state index in [9.17, 15) is 14.4 Å². The van der Waals surface area contributed by atoms with Crippen molar-refractivity contribution in [3.05, 3.63) is 81.5 Å². The van der Waals surface area contributed by atoms with Crippen LogP contribution >= 0.6 is 28.1 Å². The minimum absolute atomic E-state index is 0.00579. The van der Waals surface area contributed by atoms with Crippen molar-refractivity contribution in [1.29, 1.82) is 0 Å². The molecule has 9 heteroatoms. The molecular weight excluding hydrogens is 496 g/mol. The Hall–Kier alpha value is -3.56. The highest BCUT2D eigenvalue weighted by atomic mass is 79.9. The first kappa shape index (κ1) is 21.7. The van der Waals surface area contributed by atoms with E-state index in [4.69, 9.17) is 21.7 Å². The van der Waals surface area contributed by atoms with E-state index >= 15 is 0 Å². The largest absolute Gasteiger partial charge is 0.478 e. The summed E-state index contributed by atoms with van der Waals surface area (Å²) in [5, 5.41) is 11.6. The lowest BCUT2D eigenvalue weighted by molar-refractivity contribution is -0.122. The molecule has 2 heterocycles. The zero-order chi connectivity index (χ0) is 23.0. The number of carboxylic acid groups (broad SMARTS) is 1. The lowest BCUT2D eigenvalue weighted by Crippen LogP contribution is -2.54. The summed E-state index contributed by atoms with van der Waals surface area (Å²) in [4.78, 5) is 37.9. The van der Waals surface area contributed by atoms with Crippen molar-refractivity contribution in [2.45, 2.75) is 6.92 Å². The van der Waals surface area contributed by atoms with Crippen LogP contribution in [0, 0.1) is 6.92 Å². The summed E-state index contributed by atoms with van der Waals surface area (Å²) in [5.41, 5.74) is 1.99. The van der Waals surface area contributed by atoms with Crippen molar-refractivity contribution < 1.29 is 23.9 Å². The Bertz CT molecular complexity index is 1310. The number of halogens is 1. The molecule has 1 saturated heterocycles. The van der Waals surface area contributed by atoms with Gasteiger partial charge < -0.3 is 9.52 Å². The number of hydrogen-bond acceptors (Lipinski definition) is 5. The van der Waals surface area contributed by atoms with Crippen molar-refractivity contribution in [3.63, 3.8) is 0 Å². The predicted molar refractivity (Wildman–Crippen MR) is 126 cm³/mol. The van der Waals surface area contributed by atoms with Crippen LogP contribution in [0.4, 0.5) is 5.69 Å². The Kier molecular flexibility index (Phi) is 5.77. The monoisotopic (exact) mass is 510 g/mol. The molecule has 0 bridgehead atoms. The molecule has 0 unspecified atom stereocenters. The molecule has 2 amide bonds. The molecule has 160 valence electrons. The molecule has 1 aliphatic rings. The van der Waals surface area contributed by atoms with Crippen molar-refractivity contribution in [2.75, 3.05) is 4.90 Å². The van der Waals surface area contributed by atoms with E-state index in [0.717, 1.165) is 10.0 Å². The average Bonchev–Trinajstić information content (AvgIpc) is 3.20. The molecular formula is C23H15BrN2O5S. The van der Waals surface area contributed by atoms with E-state index in [1.54, 1.807) is 55.5 Å². The van der Waals surface area contributed by atoms with Gasteiger partial charge >= 0.3 is 5.97 Å². The first-order valence-electron chi connectivity index (χ1n) is 9.36. The lowest BCUT2D eigenvalue weighted by Gasteiger charge is -2.28. The number of amides is 2. The van der Waals surface area contributed by atoms with Crippen LogP contribution in [0.25, 0.3) is 17.4 Å². The Labute approximate surface area is 196 Å². The topological polar surface area (TPSA) is 99.8 Å². The summed E-state index contributed by atoms with van der Waals surface area (Å²) >= 11 is 8.54. The third kappa shape index (κ3) is 4.12. The number of aromatic carboxylic acids is 1. The van der Waals surface area contributed by atoms with Gasteiger partial charge in [-0.25, -0.2) is 4.79 Å². The Balaban J connectivity index is 1.66. The van der Waals surface area contributed by atoms with Crippen molar-refractivity contribution in [1.82, 2.24) is 5.32 Å². The first-order chi connectivity index (χ1) is 15.2. The summed E-state index contributed by atoms with van der Waals surface area (Å²) in [6.45, 7) is 1.78. The highest BCUT2D eigenvalue weighted by molar-refractivity contribution is 9.10. The van der Waals surface area contributed by atoms with Gasteiger partial charge in [-0.05, 0) is 79.3 Å². The third-order valence-electron chi connectivity index (χ3n) is 4.84. The van der Waals surface area contributed by atoms with Gasteiger partial charge in [0, 0.05) is 10.0 Å². The molecule has 2 N–H and O–H groups in total. The van der Waals surface area contributed by atoms with E-state index in [0.29, 0.717) is 22.8 Å². The third-order valence-corrected chi connectivity index (χ3v) is 5.65. The second-order valence-corrected chi connectivity index (χ2v) is 8.27. The van der Waals surface area contributed by atoms with Crippen LogP contribution in [0.15, 0.2) is 69.1 Å². The Morgan fingerprint density at radius 2 is 1.84 bits per heavy atom. The summed E-state index contributed by atoms with van der Waals surface area (Å²) in [5.74, 6) is -1.42. The van der Waals surface area contributed by atoms with Gasteiger partial charge in [-0.15, -0.1) is 0 Å². The Morgan fingerprint density at radius 3 is 2.50 bits per heavy atom. The highest BCUT2D eigenvalue weighted by Crippen LogP contribution is 2.29. The second kappa shape index (κ2) is 8.52. The number of carboxylic acids is 1. The van der Waals surface area contributed by atoms with E-state index < -0.39 is 17.8 Å². The number of carbonyl (C=O) groups excluding carboxylic acids is 2. The Morgan fingerprint density at radius 1 is 1.12 bits per heavy atom. The minimum Gasteiger partial charge on any atom is -0.478 e. The van der Waals surface area contributed by atoms with Crippen molar-refractivity contribution in [3.8, 4) is 11.3 Å². The fraction of sp³-hybridized carbons (Fsp3) is 0.0435. The molecule has 3 aromatic rings. The van der Waals surface area contributed by atoms with Gasteiger partial charge in [0.25, 0.3) is 11.8 Å². The molecule has 2 aromatic carbocycles. The van der Waals surface area contributed by atoms with E-state index in [2.05, 4.69) is 21.2 Å². The van der Waals surface area contributed by atoms with Gasteiger partial charge in [-0.1, -0.05) is 22.0 Å². The maximum atomic E-state index is 13.1. The molecule has 1 aromatic heterocycles. The van der Waals surface area contributed by atoms with Gasteiger partial charge in [-0.2, -0.15) is 0 Å². The molecule has 1 aliphatic heterocycles.